The Balaban J connectivity index is 2.06. The zero-order valence-corrected chi connectivity index (χ0v) is 12.5. The lowest BCUT2D eigenvalue weighted by atomic mass is 9.96. The van der Waals surface area contributed by atoms with Gasteiger partial charge in [0, 0.05) is 13.1 Å². The van der Waals surface area contributed by atoms with Gasteiger partial charge in [0.1, 0.15) is 4.88 Å². The van der Waals surface area contributed by atoms with Crippen molar-refractivity contribution in [3.63, 3.8) is 0 Å². The van der Waals surface area contributed by atoms with Gasteiger partial charge in [-0.3, -0.25) is 0 Å². The number of hydrogen-bond acceptors (Lipinski definition) is 4. The van der Waals surface area contributed by atoms with Crippen LogP contribution in [0.5, 0.6) is 0 Å². The molecule has 0 bridgehead atoms. The second kappa shape index (κ2) is 6.37. The highest BCUT2D eigenvalue weighted by Gasteiger charge is 2.21. The van der Waals surface area contributed by atoms with E-state index >= 15 is 0 Å². The van der Waals surface area contributed by atoms with Gasteiger partial charge in [-0.25, -0.2) is 9.78 Å². The Morgan fingerprint density at radius 1 is 1.47 bits per heavy atom. The monoisotopic (exact) mass is 282 g/mol. The summed E-state index contributed by atoms with van der Waals surface area (Å²) in [6.07, 6.45) is 6.25. The molecule has 0 spiro atoms. The van der Waals surface area contributed by atoms with E-state index in [0.29, 0.717) is 10.6 Å². The maximum Gasteiger partial charge on any atom is 0.347 e. The van der Waals surface area contributed by atoms with E-state index in [9.17, 15) is 4.79 Å². The molecule has 1 atom stereocenters. The van der Waals surface area contributed by atoms with Gasteiger partial charge in [0.2, 0.25) is 0 Å². The van der Waals surface area contributed by atoms with E-state index in [1.807, 2.05) is 0 Å². The van der Waals surface area contributed by atoms with Gasteiger partial charge >= 0.3 is 5.97 Å². The van der Waals surface area contributed by atoms with Crippen LogP contribution >= 0.6 is 11.3 Å². The van der Waals surface area contributed by atoms with Crippen molar-refractivity contribution in [2.24, 2.45) is 5.92 Å². The highest BCUT2D eigenvalue weighted by molar-refractivity contribution is 7.17. The van der Waals surface area contributed by atoms with Crippen LogP contribution in [-0.2, 0) is 0 Å². The number of carboxylic acids is 1. The van der Waals surface area contributed by atoms with Crippen molar-refractivity contribution in [1.82, 2.24) is 4.98 Å². The lowest BCUT2D eigenvalue weighted by Crippen LogP contribution is -2.24. The lowest BCUT2D eigenvalue weighted by molar-refractivity contribution is 0.0701. The number of aromatic carboxylic acids is 1. The highest BCUT2D eigenvalue weighted by atomic mass is 32.1. The van der Waals surface area contributed by atoms with Gasteiger partial charge in [0.15, 0.2) is 5.13 Å². The van der Waals surface area contributed by atoms with Crippen molar-refractivity contribution in [2.75, 3.05) is 18.0 Å². The average Bonchev–Trinajstić information content (AvgIpc) is 2.60. The maximum atomic E-state index is 11.1. The smallest absolute Gasteiger partial charge is 0.347 e. The molecule has 0 saturated carbocycles. The third-order valence-electron chi connectivity index (χ3n) is 3.79. The number of hydrogen-bond donors (Lipinski definition) is 1. The first-order chi connectivity index (χ1) is 9.11. The summed E-state index contributed by atoms with van der Waals surface area (Å²) in [5, 5.41) is 9.98. The number of nitrogens with zero attached hydrogens (tertiary/aromatic N) is 2. The lowest BCUT2D eigenvalue weighted by Gasteiger charge is -2.19. The van der Waals surface area contributed by atoms with Gasteiger partial charge in [-0.15, -0.1) is 0 Å². The third kappa shape index (κ3) is 3.47. The van der Waals surface area contributed by atoms with Gasteiger partial charge in [-0.2, -0.15) is 0 Å². The topological polar surface area (TPSA) is 53.4 Å². The van der Waals surface area contributed by atoms with Gasteiger partial charge in [-0.05, 0) is 32.1 Å². The van der Waals surface area contributed by atoms with E-state index in [-0.39, 0.29) is 0 Å². The van der Waals surface area contributed by atoms with E-state index in [1.54, 1.807) is 6.92 Å². The largest absolute Gasteiger partial charge is 0.477 e. The van der Waals surface area contributed by atoms with Crippen LogP contribution in [0.3, 0.4) is 0 Å². The van der Waals surface area contributed by atoms with Crippen LogP contribution in [0.2, 0.25) is 0 Å². The summed E-state index contributed by atoms with van der Waals surface area (Å²) in [6, 6.07) is 0. The van der Waals surface area contributed by atoms with Crippen LogP contribution in [-0.4, -0.2) is 29.1 Å². The fourth-order valence-electron chi connectivity index (χ4n) is 2.77. The standard InChI is InChI=1S/C14H22N2O2S/c1-3-5-11-6-4-8-16(9-7-11)14-15-10(2)12(19-14)13(17)18/h11H,3-9H2,1-2H3,(H,17,18). The minimum atomic E-state index is -0.861. The van der Waals surface area contributed by atoms with Crippen molar-refractivity contribution in [1.29, 1.82) is 0 Å². The van der Waals surface area contributed by atoms with Crippen LogP contribution < -0.4 is 4.90 Å². The molecule has 5 heteroatoms. The molecule has 1 aliphatic heterocycles. The predicted molar refractivity (Wildman–Crippen MR) is 78.3 cm³/mol. The Morgan fingerprint density at radius 2 is 2.26 bits per heavy atom. The Labute approximate surface area is 118 Å². The number of thiazole rings is 1. The van der Waals surface area contributed by atoms with Crippen molar-refractivity contribution < 1.29 is 9.90 Å². The average molecular weight is 282 g/mol. The number of aryl methyl sites for hydroxylation is 1. The van der Waals surface area contributed by atoms with Crippen LogP contribution in [0.15, 0.2) is 0 Å². The van der Waals surface area contributed by atoms with Gasteiger partial charge in [0.25, 0.3) is 0 Å². The van der Waals surface area contributed by atoms with E-state index in [2.05, 4.69) is 16.8 Å². The van der Waals surface area contributed by atoms with Crippen molar-refractivity contribution in [3.05, 3.63) is 10.6 Å². The molecule has 1 aliphatic rings. The third-order valence-corrected chi connectivity index (χ3v) is 5.00. The SMILES string of the molecule is CCCC1CCCN(c2nc(C)c(C(=O)O)s2)CC1. The summed E-state index contributed by atoms with van der Waals surface area (Å²) in [6.45, 7) is 6.04. The molecule has 1 aromatic rings. The molecule has 1 fully saturated rings. The summed E-state index contributed by atoms with van der Waals surface area (Å²) < 4.78 is 0. The molecule has 0 radical (unpaired) electrons. The summed E-state index contributed by atoms with van der Waals surface area (Å²) in [7, 11) is 0. The Hall–Kier alpha value is -1.10. The molecule has 1 N–H and O–H groups in total. The minimum absolute atomic E-state index is 0.379. The molecule has 1 saturated heterocycles. The fourth-order valence-corrected chi connectivity index (χ4v) is 3.73. The number of aromatic nitrogens is 1. The van der Waals surface area contributed by atoms with Gasteiger partial charge in [-0.1, -0.05) is 31.1 Å². The first-order valence-electron chi connectivity index (χ1n) is 7.07. The first-order valence-corrected chi connectivity index (χ1v) is 7.89. The fraction of sp³-hybridized carbons (Fsp3) is 0.714. The van der Waals surface area contributed by atoms with Crippen LogP contribution in [0.1, 0.15) is 54.4 Å². The Morgan fingerprint density at radius 3 is 2.89 bits per heavy atom. The quantitative estimate of drug-likeness (QED) is 0.917. The zero-order valence-electron chi connectivity index (χ0n) is 11.7. The normalized spacial score (nSPS) is 20.3. The number of rotatable bonds is 4. The summed E-state index contributed by atoms with van der Waals surface area (Å²) >= 11 is 1.31. The molecule has 1 aromatic heterocycles. The molecule has 0 aromatic carbocycles. The van der Waals surface area contributed by atoms with Crippen LogP contribution in [0, 0.1) is 12.8 Å². The predicted octanol–water partition coefficient (Wildman–Crippen LogP) is 3.56. The van der Waals surface area contributed by atoms with E-state index in [0.717, 1.165) is 24.1 Å². The summed E-state index contributed by atoms with van der Waals surface area (Å²) in [5.74, 6) is -0.0325. The number of carboxylic acid groups (broad SMARTS) is 1. The molecular weight excluding hydrogens is 260 g/mol. The summed E-state index contributed by atoms with van der Waals surface area (Å²) in [5.41, 5.74) is 0.641. The van der Waals surface area contributed by atoms with Gasteiger partial charge < -0.3 is 10.0 Å². The molecule has 1 unspecified atom stereocenters. The second-order valence-electron chi connectivity index (χ2n) is 5.29. The van der Waals surface area contributed by atoms with E-state index in [4.69, 9.17) is 5.11 Å². The summed E-state index contributed by atoms with van der Waals surface area (Å²) in [4.78, 5) is 18.1. The molecule has 0 aliphatic carbocycles. The first kappa shape index (κ1) is 14.3. The maximum absolute atomic E-state index is 11.1. The van der Waals surface area contributed by atoms with Crippen molar-refractivity contribution in [3.8, 4) is 0 Å². The molecule has 4 nitrogen and oxygen atoms in total. The van der Waals surface area contributed by atoms with Crippen LogP contribution in [0.25, 0.3) is 0 Å². The van der Waals surface area contributed by atoms with E-state index in [1.165, 1.54) is 43.4 Å². The van der Waals surface area contributed by atoms with E-state index < -0.39 is 5.97 Å². The molecule has 0 amide bonds. The van der Waals surface area contributed by atoms with Crippen molar-refractivity contribution in [2.45, 2.75) is 46.0 Å². The number of carbonyl (C=O) groups is 1. The molecule has 2 heterocycles. The highest BCUT2D eigenvalue weighted by Crippen LogP contribution is 2.30. The Kier molecular flexibility index (Phi) is 4.80. The molecule has 106 valence electrons. The second-order valence-corrected chi connectivity index (χ2v) is 6.27. The molecule has 2 rings (SSSR count). The molecule has 19 heavy (non-hydrogen) atoms. The number of anilines is 1. The Bertz CT molecular complexity index is 445. The zero-order chi connectivity index (χ0) is 13.8. The van der Waals surface area contributed by atoms with Gasteiger partial charge in [0.05, 0.1) is 5.69 Å². The van der Waals surface area contributed by atoms with Crippen LogP contribution in [0.4, 0.5) is 5.13 Å². The minimum Gasteiger partial charge on any atom is -0.477 e. The van der Waals surface area contributed by atoms with Crippen molar-refractivity contribution >= 4 is 22.4 Å². The molecular formula is C14H22N2O2S.